The summed E-state index contributed by atoms with van der Waals surface area (Å²) in [5.74, 6) is -1.56. The maximum Gasteiger partial charge on any atom is 0.269 e. The summed E-state index contributed by atoms with van der Waals surface area (Å²) in [4.78, 5) is 33.4. The highest BCUT2D eigenvalue weighted by molar-refractivity contribution is 6.34. The van der Waals surface area contributed by atoms with Crippen molar-refractivity contribution < 1.29 is 22.8 Å². The van der Waals surface area contributed by atoms with Gasteiger partial charge in [0.25, 0.3) is 11.8 Å². The maximum atomic E-state index is 13.4. The van der Waals surface area contributed by atoms with Crippen LogP contribution in [0.1, 0.15) is 56.8 Å². The van der Waals surface area contributed by atoms with Gasteiger partial charge in [0.2, 0.25) is 5.89 Å². The molecule has 0 unspecified atom stereocenters. The minimum Gasteiger partial charge on any atom is -0.443 e. The Morgan fingerprint density at radius 1 is 1.09 bits per heavy atom. The molecule has 4 aromatic rings. The third-order valence-electron chi connectivity index (χ3n) is 4.88. The Bertz CT molecular complexity index is 1400. The van der Waals surface area contributed by atoms with Gasteiger partial charge in [0.15, 0.2) is 17.5 Å². The number of anilines is 1. The SMILES string of the molecule is CCc1n[nH]c(Cc2nc(C)c(CNC(=O)c3cc(NC(=O)c4cc(F)c(F)cc4Cl)n[nH]3)o2)n1. The Hall–Kier alpha value is -4.13. The van der Waals surface area contributed by atoms with Crippen LogP contribution in [-0.4, -0.2) is 42.2 Å². The van der Waals surface area contributed by atoms with Crippen LogP contribution in [0.2, 0.25) is 5.02 Å². The maximum absolute atomic E-state index is 13.4. The number of hydrogen-bond donors (Lipinski definition) is 4. The van der Waals surface area contributed by atoms with Crippen molar-refractivity contribution in [2.75, 3.05) is 5.32 Å². The van der Waals surface area contributed by atoms with E-state index in [0.29, 0.717) is 54.0 Å². The second-order valence-electron chi connectivity index (χ2n) is 7.39. The van der Waals surface area contributed by atoms with E-state index in [1.165, 1.54) is 6.07 Å². The summed E-state index contributed by atoms with van der Waals surface area (Å²) in [6.45, 7) is 3.75. The molecule has 0 aliphatic rings. The van der Waals surface area contributed by atoms with Crippen molar-refractivity contribution in [1.29, 1.82) is 0 Å². The van der Waals surface area contributed by atoms with Crippen LogP contribution in [0.3, 0.4) is 0 Å². The molecular formula is C21H19ClF2N8O3. The summed E-state index contributed by atoms with van der Waals surface area (Å²) >= 11 is 5.80. The zero-order valence-corrected chi connectivity index (χ0v) is 19.3. The molecule has 0 saturated carbocycles. The molecule has 0 fully saturated rings. The first-order valence-corrected chi connectivity index (χ1v) is 10.8. The third kappa shape index (κ3) is 5.51. The Kier molecular flexibility index (Phi) is 6.87. The van der Waals surface area contributed by atoms with Gasteiger partial charge in [-0.1, -0.05) is 18.5 Å². The smallest absolute Gasteiger partial charge is 0.269 e. The molecule has 0 saturated heterocycles. The molecule has 2 amide bonds. The van der Waals surface area contributed by atoms with Crippen molar-refractivity contribution in [2.24, 2.45) is 0 Å². The minimum absolute atomic E-state index is 0.0161. The standard InChI is InChI=1S/C21H19ClF2N8O3/c1-3-16-27-18(32-30-16)7-19-26-9(2)15(35-19)8-25-21(34)14-6-17(31-29-14)28-20(33)10-4-12(23)13(24)5-11(10)22/h4-6H,3,7-8H2,1-2H3,(H,25,34)(H,27,30,32)(H2,28,29,31,33). The van der Waals surface area contributed by atoms with Crippen LogP contribution in [0.4, 0.5) is 14.6 Å². The molecule has 14 heteroatoms. The van der Waals surface area contributed by atoms with Crippen LogP contribution in [0.25, 0.3) is 0 Å². The molecule has 4 rings (SSSR count). The van der Waals surface area contributed by atoms with Crippen molar-refractivity contribution in [2.45, 2.75) is 33.2 Å². The van der Waals surface area contributed by atoms with E-state index in [0.717, 1.165) is 0 Å². The van der Waals surface area contributed by atoms with Crippen molar-refractivity contribution in [3.63, 3.8) is 0 Å². The number of halogens is 3. The summed E-state index contributed by atoms with van der Waals surface area (Å²) in [5, 5.41) is 17.9. The number of H-pyrrole nitrogens is 2. The van der Waals surface area contributed by atoms with E-state index < -0.39 is 23.4 Å². The van der Waals surface area contributed by atoms with Gasteiger partial charge in [-0.2, -0.15) is 10.2 Å². The topological polar surface area (TPSA) is 154 Å². The largest absolute Gasteiger partial charge is 0.443 e. The molecule has 11 nitrogen and oxygen atoms in total. The first kappa shape index (κ1) is 24.0. The quantitative estimate of drug-likeness (QED) is 0.269. The number of rotatable bonds is 8. The summed E-state index contributed by atoms with van der Waals surface area (Å²) in [6, 6.07) is 2.64. The number of aromatic amines is 2. The van der Waals surface area contributed by atoms with Gasteiger partial charge in [0.1, 0.15) is 23.1 Å². The van der Waals surface area contributed by atoms with Crippen molar-refractivity contribution >= 4 is 29.2 Å². The fraction of sp³-hybridized carbons (Fsp3) is 0.238. The Morgan fingerprint density at radius 2 is 1.86 bits per heavy atom. The van der Waals surface area contributed by atoms with Crippen molar-refractivity contribution in [3.8, 4) is 0 Å². The average Bonchev–Trinajstić information content (AvgIpc) is 3.55. The van der Waals surface area contributed by atoms with E-state index in [9.17, 15) is 18.4 Å². The van der Waals surface area contributed by atoms with E-state index >= 15 is 0 Å². The van der Waals surface area contributed by atoms with E-state index in [1.807, 2.05) is 6.92 Å². The third-order valence-corrected chi connectivity index (χ3v) is 5.19. The second-order valence-corrected chi connectivity index (χ2v) is 7.80. The lowest BCUT2D eigenvalue weighted by Gasteiger charge is -2.05. The Morgan fingerprint density at radius 3 is 2.60 bits per heavy atom. The first-order valence-electron chi connectivity index (χ1n) is 10.4. The molecule has 0 aliphatic carbocycles. The summed E-state index contributed by atoms with van der Waals surface area (Å²) in [7, 11) is 0. The molecule has 0 aliphatic heterocycles. The van der Waals surface area contributed by atoms with Crippen LogP contribution < -0.4 is 10.6 Å². The van der Waals surface area contributed by atoms with Gasteiger partial charge in [0, 0.05) is 12.5 Å². The Balaban J connectivity index is 1.35. The highest BCUT2D eigenvalue weighted by atomic mass is 35.5. The predicted octanol–water partition coefficient (Wildman–Crippen LogP) is 3.09. The zero-order valence-electron chi connectivity index (χ0n) is 18.5. The number of aromatic nitrogens is 6. The number of aryl methyl sites for hydroxylation is 2. The lowest BCUT2D eigenvalue weighted by atomic mass is 10.2. The molecule has 3 aromatic heterocycles. The monoisotopic (exact) mass is 504 g/mol. The minimum atomic E-state index is -1.22. The summed E-state index contributed by atoms with van der Waals surface area (Å²) in [6.07, 6.45) is 1.03. The van der Waals surface area contributed by atoms with E-state index in [2.05, 4.69) is 41.0 Å². The number of oxazole rings is 1. The highest BCUT2D eigenvalue weighted by Gasteiger charge is 2.18. The number of benzene rings is 1. The molecule has 3 heterocycles. The van der Waals surface area contributed by atoms with Crippen LogP contribution in [-0.2, 0) is 19.4 Å². The summed E-state index contributed by atoms with van der Waals surface area (Å²) in [5.41, 5.74) is 0.367. The van der Waals surface area contributed by atoms with Gasteiger partial charge in [-0.05, 0) is 19.1 Å². The molecule has 35 heavy (non-hydrogen) atoms. The molecule has 0 radical (unpaired) electrons. The van der Waals surface area contributed by atoms with Gasteiger partial charge < -0.3 is 15.1 Å². The average molecular weight is 505 g/mol. The normalized spacial score (nSPS) is 11.0. The zero-order chi connectivity index (χ0) is 25.1. The summed E-state index contributed by atoms with van der Waals surface area (Å²) < 4.78 is 32.4. The first-order chi connectivity index (χ1) is 16.7. The fourth-order valence-electron chi connectivity index (χ4n) is 3.08. The molecule has 0 atom stereocenters. The second kappa shape index (κ2) is 10.0. The molecule has 0 bridgehead atoms. The number of amides is 2. The predicted molar refractivity (Wildman–Crippen MR) is 119 cm³/mol. The van der Waals surface area contributed by atoms with Gasteiger partial charge in [-0.25, -0.2) is 18.7 Å². The van der Waals surface area contributed by atoms with Crippen LogP contribution in [0, 0.1) is 18.6 Å². The van der Waals surface area contributed by atoms with Gasteiger partial charge >= 0.3 is 0 Å². The van der Waals surface area contributed by atoms with E-state index in [1.54, 1.807) is 6.92 Å². The molecular weight excluding hydrogens is 486 g/mol. The van der Waals surface area contributed by atoms with Gasteiger partial charge in [-0.15, -0.1) is 0 Å². The van der Waals surface area contributed by atoms with E-state index in [-0.39, 0.29) is 28.6 Å². The van der Waals surface area contributed by atoms with Gasteiger partial charge in [-0.3, -0.25) is 19.8 Å². The molecule has 182 valence electrons. The van der Waals surface area contributed by atoms with Crippen molar-refractivity contribution in [1.82, 2.24) is 35.7 Å². The molecule has 0 spiro atoms. The lowest BCUT2D eigenvalue weighted by molar-refractivity contribution is 0.0942. The van der Waals surface area contributed by atoms with Gasteiger partial charge in [0.05, 0.1) is 29.2 Å². The number of carbonyl (C=O) groups excluding carboxylic acids is 2. The Labute approximate surface area is 201 Å². The van der Waals surface area contributed by atoms with Crippen LogP contribution >= 0.6 is 11.6 Å². The number of nitrogens with one attached hydrogen (secondary N) is 4. The lowest BCUT2D eigenvalue weighted by Crippen LogP contribution is -2.23. The number of carbonyl (C=O) groups is 2. The highest BCUT2D eigenvalue weighted by Crippen LogP contribution is 2.21. The van der Waals surface area contributed by atoms with Crippen LogP contribution in [0.5, 0.6) is 0 Å². The van der Waals surface area contributed by atoms with E-state index in [4.69, 9.17) is 16.0 Å². The molecule has 1 aromatic carbocycles. The van der Waals surface area contributed by atoms with Crippen molar-refractivity contribution in [3.05, 3.63) is 75.1 Å². The number of hydrogen-bond acceptors (Lipinski definition) is 7. The van der Waals surface area contributed by atoms with Crippen LogP contribution in [0.15, 0.2) is 22.6 Å². The fourth-order valence-corrected chi connectivity index (χ4v) is 3.32. The number of nitrogens with zero attached hydrogens (tertiary/aromatic N) is 4. The molecule has 4 N–H and O–H groups in total.